The Morgan fingerprint density at radius 2 is 1.50 bits per heavy atom. The van der Waals surface area contributed by atoms with E-state index in [0.717, 1.165) is 13.0 Å². The summed E-state index contributed by atoms with van der Waals surface area (Å²) < 4.78 is 0.349. The van der Waals surface area contributed by atoms with Gasteiger partial charge in [0.1, 0.15) is 0 Å². The van der Waals surface area contributed by atoms with Crippen molar-refractivity contribution in [1.29, 1.82) is 0 Å². The topological polar surface area (TPSA) is 52.0 Å². The van der Waals surface area contributed by atoms with Crippen molar-refractivity contribution >= 4 is 52.1 Å². The van der Waals surface area contributed by atoms with Crippen LogP contribution in [0.25, 0.3) is 0 Å². The van der Waals surface area contributed by atoms with Crippen LogP contribution in [0.4, 0.5) is 0 Å². The summed E-state index contributed by atoms with van der Waals surface area (Å²) in [7, 11) is 0. The van der Waals surface area contributed by atoms with E-state index in [1.165, 1.54) is 32.1 Å². The van der Waals surface area contributed by atoms with E-state index in [-0.39, 0.29) is 29.6 Å². The molecule has 1 unspecified atom stereocenters. The van der Waals surface area contributed by atoms with Crippen molar-refractivity contribution in [3.63, 3.8) is 0 Å². The van der Waals surface area contributed by atoms with Crippen molar-refractivity contribution in [1.82, 2.24) is 0 Å². The van der Waals surface area contributed by atoms with Gasteiger partial charge in [-0.3, -0.25) is 0 Å². The van der Waals surface area contributed by atoms with Crippen molar-refractivity contribution in [3.05, 3.63) is 0 Å². The molecule has 12 heavy (non-hydrogen) atoms. The van der Waals surface area contributed by atoms with Crippen LogP contribution < -0.4 is 11.5 Å². The molecule has 1 atom stereocenters. The van der Waals surface area contributed by atoms with Gasteiger partial charge in [0.2, 0.25) is 0 Å². The van der Waals surface area contributed by atoms with Crippen LogP contribution >= 0.6 is 22.6 Å². The first-order valence-electron chi connectivity index (χ1n) is 4.37. The Balaban J connectivity index is 0. The van der Waals surface area contributed by atoms with Crippen LogP contribution in [-0.2, 0) is 0 Å². The van der Waals surface area contributed by atoms with Gasteiger partial charge in [0, 0.05) is 0 Å². The summed E-state index contributed by atoms with van der Waals surface area (Å²) >= 11 is 2.27. The second-order valence-electron chi connectivity index (χ2n) is 2.86. The van der Waals surface area contributed by atoms with Crippen molar-refractivity contribution in [3.8, 4) is 0 Å². The van der Waals surface area contributed by atoms with E-state index in [1.807, 2.05) is 0 Å². The van der Waals surface area contributed by atoms with Gasteiger partial charge in [-0.05, 0) is 19.4 Å². The number of hydrogen-bond donors (Lipinski definition) is 2. The molecule has 0 aliphatic heterocycles. The molecule has 0 fully saturated rings. The van der Waals surface area contributed by atoms with E-state index < -0.39 is 0 Å². The molecule has 0 aromatic heterocycles. The number of nitrogens with two attached hydrogens (primary N) is 2. The quantitative estimate of drug-likeness (QED) is 0.245. The summed E-state index contributed by atoms with van der Waals surface area (Å²) in [5.74, 6) is 0. The first-order valence-corrected chi connectivity index (χ1v) is 5.61. The molecule has 0 bridgehead atoms. The molecule has 0 rings (SSSR count). The van der Waals surface area contributed by atoms with Crippen molar-refractivity contribution in [2.75, 3.05) is 6.54 Å². The minimum absolute atomic E-state index is 0. The van der Waals surface area contributed by atoms with Crippen LogP contribution in [0.15, 0.2) is 0 Å². The van der Waals surface area contributed by atoms with Gasteiger partial charge in [-0.15, -0.1) is 0 Å². The molecule has 0 saturated carbocycles. The fourth-order valence-electron chi connectivity index (χ4n) is 1.01. The Morgan fingerprint density at radius 1 is 1.00 bits per heavy atom. The first-order chi connectivity index (χ1) is 5.27. The van der Waals surface area contributed by atoms with Gasteiger partial charge in [0.25, 0.3) is 0 Å². The van der Waals surface area contributed by atoms with Crippen LogP contribution in [0.5, 0.6) is 0 Å². The van der Waals surface area contributed by atoms with E-state index in [9.17, 15) is 0 Å². The fraction of sp³-hybridized carbons (Fsp3) is 1.00. The standard InChI is InChI=1S/C8H19IN2.Na.H/c9-8(11)6-4-2-1-3-5-7-10;;/h8H,1-7,10-11H2;;. The molecule has 4 N–H and O–H groups in total. The third kappa shape index (κ3) is 14.2. The van der Waals surface area contributed by atoms with E-state index in [0.29, 0.717) is 4.05 Å². The van der Waals surface area contributed by atoms with Crippen LogP contribution in [0.2, 0.25) is 0 Å². The summed E-state index contributed by atoms with van der Waals surface area (Å²) in [4.78, 5) is 0. The van der Waals surface area contributed by atoms with E-state index >= 15 is 0 Å². The predicted octanol–water partition coefficient (Wildman–Crippen LogP) is 1.36. The van der Waals surface area contributed by atoms with Crippen molar-refractivity contribution < 1.29 is 0 Å². The van der Waals surface area contributed by atoms with Crippen LogP contribution in [0.1, 0.15) is 38.5 Å². The summed E-state index contributed by atoms with van der Waals surface area (Å²) in [6.45, 7) is 0.839. The Hall–Kier alpha value is 1.65. The molecule has 0 radical (unpaired) electrons. The third-order valence-electron chi connectivity index (χ3n) is 1.68. The van der Waals surface area contributed by atoms with Crippen LogP contribution in [-0.4, -0.2) is 40.2 Å². The van der Waals surface area contributed by atoms with Gasteiger partial charge < -0.3 is 11.5 Å². The summed E-state index contributed by atoms with van der Waals surface area (Å²) in [6.07, 6.45) is 7.53. The Morgan fingerprint density at radius 3 is 2.00 bits per heavy atom. The SMILES string of the molecule is NCCCCCCCC(N)I.[NaH]. The van der Waals surface area contributed by atoms with Gasteiger partial charge in [0.05, 0.1) is 4.05 Å². The second-order valence-corrected chi connectivity index (χ2v) is 4.46. The van der Waals surface area contributed by atoms with E-state index in [2.05, 4.69) is 22.6 Å². The van der Waals surface area contributed by atoms with Crippen LogP contribution in [0, 0.1) is 0 Å². The molecule has 2 nitrogen and oxygen atoms in total. The van der Waals surface area contributed by atoms with Gasteiger partial charge in [-0.2, -0.15) is 0 Å². The third-order valence-corrected chi connectivity index (χ3v) is 2.31. The second kappa shape index (κ2) is 12.7. The van der Waals surface area contributed by atoms with Gasteiger partial charge in [0.15, 0.2) is 0 Å². The number of hydrogen-bond acceptors (Lipinski definition) is 2. The molecule has 70 valence electrons. The Bertz CT molecular complexity index is 81.5. The first kappa shape index (κ1) is 16.1. The molecule has 0 aromatic rings. The zero-order valence-electron chi connectivity index (χ0n) is 7.06. The summed E-state index contributed by atoms with van der Waals surface area (Å²) in [5.41, 5.74) is 11.0. The van der Waals surface area contributed by atoms with Gasteiger partial charge in [-0.25, -0.2) is 0 Å². The molecule has 0 spiro atoms. The molecule has 0 amide bonds. The number of rotatable bonds is 7. The van der Waals surface area contributed by atoms with E-state index in [4.69, 9.17) is 11.5 Å². The molecular formula is C8H20IN2Na. The Labute approximate surface area is 112 Å². The predicted molar refractivity (Wildman–Crippen MR) is 65.9 cm³/mol. The molecule has 4 heteroatoms. The number of halogens is 1. The maximum absolute atomic E-state index is 5.60. The molecular weight excluding hydrogens is 274 g/mol. The monoisotopic (exact) mass is 294 g/mol. The number of alkyl halides is 1. The van der Waals surface area contributed by atoms with Gasteiger partial charge >= 0.3 is 29.6 Å². The Kier molecular flexibility index (Phi) is 17.0. The average molecular weight is 294 g/mol. The minimum atomic E-state index is 0. The van der Waals surface area contributed by atoms with Gasteiger partial charge in [-0.1, -0.05) is 48.3 Å². The maximum atomic E-state index is 5.60. The summed E-state index contributed by atoms with van der Waals surface area (Å²) in [5, 5.41) is 0. The summed E-state index contributed by atoms with van der Waals surface area (Å²) in [6, 6.07) is 0. The molecule has 0 saturated heterocycles. The number of unbranched alkanes of at least 4 members (excludes halogenated alkanes) is 4. The van der Waals surface area contributed by atoms with Crippen molar-refractivity contribution in [2.24, 2.45) is 11.5 Å². The van der Waals surface area contributed by atoms with Crippen LogP contribution in [0.3, 0.4) is 0 Å². The molecule has 0 aliphatic rings. The fourth-order valence-corrected chi connectivity index (χ4v) is 1.45. The zero-order chi connectivity index (χ0) is 8.53. The normalized spacial score (nSPS) is 12.2. The van der Waals surface area contributed by atoms with E-state index in [1.54, 1.807) is 0 Å². The van der Waals surface area contributed by atoms with Crippen molar-refractivity contribution in [2.45, 2.75) is 42.6 Å². The molecule has 0 heterocycles. The molecule has 0 aliphatic carbocycles. The average Bonchev–Trinajstić information content (AvgIpc) is 1.96. The zero-order valence-corrected chi connectivity index (χ0v) is 9.22. The molecule has 0 aromatic carbocycles.